The van der Waals surface area contributed by atoms with E-state index in [-0.39, 0.29) is 6.42 Å². The van der Waals surface area contributed by atoms with Gasteiger partial charge in [0.15, 0.2) is 0 Å². The van der Waals surface area contributed by atoms with Crippen LogP contribution in [0.4, 0.5) is 17.6 Å². The molecular weight excluding hydrogens is 152 g/mol. The molecule has 0 aromatic rings. The number of rotatable bonds is 3. The molecule has 10 heavy (non-hydrogen) atoms. The summed E-state index contributed by atoms with van der Waals surface area (Å²) in [4.78, 5) is 0. The molecule has 0 saturated carbocycles. The minimum absolute atomic E-state index is 0.0238. The Morgan fingerprint density at radius 3 is 2.00 bits per heavy atom. The lowest BCUT2D eigenvalue weighted by molar-refractivity contribution is -0.343. The fourth-order valence-electron chi connectivity index (χ4n) is 0.413. The fraction of sp³-hybridized carbons (Fsp3) is 1.00. The van der Waals surface area contributed by atoms with Crippen molar-refractivity contribution in [2.24, 2.45) is 0 Å². The molecular formula is C5H8F4O. The van der Waals surface area contributed by atoms with Gasteiger partial charge in [0.2, 0.25) is 0 Å². The second-order valence-electron chi connectivity index (χ2n) is 1.75. The molecule has 0 amide bonds. The molecule has 0 aromatic heterocycles. The fourth-order valence-corrected chi connectivity index (χ4v) is 0.413. The average molecular weight is 160 g/mol. The summed E-state index contributed by atoms with van der Waals surface area (Å²) in [6.07, 6.45) is -6.04. The van der Waals surface area contributed by atoms with Gasteiger partial charge in [-0.3, -0.25) is 4.74 Å². The first-order chi connectivity index (χ1) is 4.49. The van der Waals surface area contributed by atoms with Crippen LogP contribution >= 0.6 is 0 Å². The van der Waals surface area contributed by atoms with Gasteiger partial charge in [0.1, 0.15) is 6.67 Å². The van der Waals surface area contributed by atoms with E-state index in [0.717, 1.165) is 0 Å². The topological polar surface area (TPSA) is 9.23 Å². The maximum atomic E-state index is 11.6. The zero-order valence-electron chi connectivity index (χ0n) is 5.41. The molecule has 0 aliphatic heterocycles. The van der Waals surface area contributed by atoms with E-state index in [0.29, 0.717) is 0 Å². The molecule has 1 atom stereocenters. The zero-order valence-corrected chi connectivity index (χ0v) is 5.41. The van der Waals surface area contributed by atoms with Crippen LogP contribution in [0.1, 0.15) is 13.3 Å². The summed E-state index contributed by atoms with van der Waals surface area (Å²) in [5.74, 6) is 0. The number of alkyl halides is 4. The molecule has 5 heteroatoms. The molecule has 0 bridgehead atoms. The van der Waals surface area contributed by atoms with Crippen LogP contribution in [-0.4, -0.2) is 19.1 Å². The molecule has 1 unspecified atom stereocenters. The van der Waals surface area contributed by atoms with Gasteiger partial charge in [0.05, 0.1) is 6.10 Å². The number of hydrogen-bond acceptors (Lipinski definition) is 1. The van der Waals surface area contributed by atoms with Crippen LogP contribution in [0.5, 0.6) is 0 Å². The molecule has 62 valence electrons. The van der Waals surface area contributed by atoms with Crippen LogP contribution in [0.25, 0.3) is 0 Å². The molecule has 0 radical (unpaired) electrons. The van der Waals surface area contributed by atoms with Gasteiger partial charge in [-0.25, -0.2) is 4.39 Å². The molecule has 0 aliphatic carbocycles. The van der Waals surface area contributed by atoms with Crippen molar-refractivity contribution in [3.05, 3.63) is 0 Å². The smallest absolute Gasteiger partial charge is 0.286 e. The van der Waals surface area contributed by atoms with E-state index < -0.39 is 19.1 Å². The number of hydrogen-bond donors (Lipinski definition) is 0. The third-order valence-electron chi connectivity index (χ3n) is 0.928. The van der Waals surface area contributed by atoms with E-state index in [9.17, 15) is 17.6 Å². The summed E-state index contributed by atoms with van der Waals surface area (Å²) < 4.78 is 48.8. The number of halogens is 4. The lowest BCUT2D eigenvalue weighted by atomic mass is 10.3. The molecule has 0 N–H and O–H groups in total. The van der Waals surface area contributed by atoms with E-state index in [4.69, 9.17) is 0 Å². The van der Waals surface area contributed by atoms with E-state index in [2.05, 4.69) is 4.74 Å². The molecule has 0 aliphatic rings. The summed E-state index contributed by atoms with van der Waals surface area (Å²) in [6, 6.07) is 0. The van der Waals surface area contributed by atoms with Crippen LogP contribution < -0.4 is 0 Å². The Labute approximate surface area is 56.0 Å². The summed E-state index contributed by atoms with van der Waals surface area (Å²) in [6.45, 7) is 0.325. The molecule has 0 rings (SSSR count). The molecule has 1 nitrogen and oxygen atoms in total. The summed E-state index contributed by atoms with van der Waals surface area (Å²) in [5, 5.41) is 0. The van der Waals surface area contributed by atoms with Crippen LogP contribution in [0, 0.1) is 0 Å². The van der Waals surface area contributed by atoms with Gasteiger partial charge >= 0.3 is 6.36 Å². The summed E-state index contributed by atoms with van der Waals surface area (Å²) in [7, 11) is 0. The second-order valence-corrected chi connectivity index (χ2v) is 1.75. The predicted molar refractivity (Wildman–Crippen MR) is 27.2 cm³/mol. The summed E-state index contributed by atoms with van der Waals surface area (Å²) >= 11 is 0. The monoisotopic (exact) mass is 160 g/mol. The third-order valence-corrected chi connectivity index (χ3v) is 0.928. The van der Waals surface area contributed by atoms with E-state index in [1.54, 1.807) is 0 Å². The molecule has 0 fully saturated rings. The third kappa shape index (κ3) is 4.55. The van der Waals surface area contributed by atoms with Gasteiger partial charge in [-0.1, -0.05) is 6.92 Å². The highest BCUT2D eigenvalue weighted by atomic mass is 19.4. The van der Waals surface area contributed by atoms with Gasteiger partial charge in [-0.05, 0) is 6.42 Å². The van der Waals surface area contributed by atoms with Gasteiger partial charge in [0, 0.05) is 0 Å². The van der Waals surface area contributed by atoms with Crippen molar-refractivity contribution in [3.63, 3.8) is 0 Å². The highest BCUT2D eigenvalue weighted by Gasteiger charge is 2.32. The van der Waals surface area contributed by atoms with Crippen molar-refractivity contribution in [2.75, 3.05) is 6.67 Å². The average Bonchev–Trinajstić information content (AvgIpc) is 1.81. The maximum Gasteiger partial charge on any atom is 0.522 e. The van der Waals surface area contributed by atoms with Crippen molar-refractivity contribution in [1.82, 2.24) is 0 Å². The first kappa shape index (κ1) is 9.68. The lowest BCUT2D eigenvalue weighted by Gasteiger charge is -2.13. The Morgan fingerprint density at radius 2 is 1.90 bits per heavy atom. The van der Waals surface area contributed by atoms with Crippen LogP contribution in [0.3, 0.4) is 0 Å². The van der Waals surface area contributed by atoms with Crippen molar-refractivity contribution in [1.29, 1.82) is 0 Å². The first-order valence-electron chi connectivity index (χ1n) is 2.80. The van der Waals surface area contributed by atoms with Crippen molar-refractivity contribution in [3.8, 4) is 0 Å². The standard InChI is InChI=1S/C5H8F4O/c1-2-4(3-6)10-5(7,8)9/h4H,2-3H2,1H3. The second kappa shape index (κ2) is 3.75. The van der Waals surface area contributed by atoms with Gasteiger partial charge < -0.3 is 0 Å². The highest BCUT2D eigenvalue weighted by Crippen LogP contribution is 2.19. The molecule has 0 spiro atoms. The highest BCUT2D eigenvalue weighted by molar-refractivity contribution is 4.51. The molecule has 0 aromatic carbocycles. The van der Waals surface area contributed by atoms with Gasteiger partial charge in [-0.2, -0.15) is 0 Å². The molecule has 0 heterocycles. The summed E-state index contributed by atoms with van der Waals surface area (Å²) in [5.41, 5.74) is 0. The SMILES string of the molecule is CCC(CF)OC(F)(F)F. The van der Waals surface area contributed by atoms with E-state index >= 15 is 0 Å². The van der Waals surface area contributed by atoms with Crippen LogP contribution in [0.15, 0.2) is 0 Å². The van der Waals surface area contributed by atoms with Crippen LogP contribution in [0.2, 0.25) is 0 Å². The normalized spacial score (nSPS) is 15.3. The minimum Gasteiger partial charge on any atom is -0.286 e. The van der Waals surface area contributed by atoms with Gasteiger partial charge in [-0.15, -0.1) is 13.2 Å². The first-order valence-corrected chi connectivity index (χ1v) is 2.80. The van der Waals surface area contributed by atoms with E-state index in [1.807, 2.05) is 0 Å². The van der Waals surface area contributed by atoms with Crippen LogP contribution in [-0.2, 0) is 4.74 Å². The Morgan fingerprint density at radius 1 is 1.40 bits per heavy atom. The van der Waals surface area contributed by atoms with Gasteiger partial charge in [0.25, 0.3) is 0 Å². The minimum atomic E-state index is -4.72. The Balaban J connectivity index is 3.63. The Hall–Kier alpha value is -0.320. The quantitative estimate of drug-likeness (QED) is 0.575. The molecule has 0 saturated heterocycles. The Kier molecular flexibility index (Phi) is 3.63. The number of ether oxygens (including phenoxy) is 1. The lowest BCUT2D eigenvalue weighted by Crippen LogP contribution is -2.24. The zero-order chi connectivity index (χ0) is 8.20. The van der Waals surface area contributed by atoms with Crippen molar-refractivity contribution >= 4 is 0 Å². The Bertz CT molecular complexity index is 86.1. The van der Waals surface area contributed by atoms with Crippen molar-refractivity contribution in [2.45, 2.75) is 25.8 Å². The predicted octanol–water partition coefficient (Wildman–Crippen LogP) is 2.27. The van der Waals surface area contributed by atoms with E-state index in [1.165, 1.54) is 6.92 Å². The largest absolute Gasteiger partial charge is 0.522 e. The van der Waals surface area contributed by atoms with Crippen molar-refractivity contribution < 1.29 is 22.3 Å². The maximum absolute atomic E-state index is 11.6.